The number of thiazole rings is 1. The molecule has 116 valence electrons. The Kier molecular flexibility index (Phi) is 4.50. The fourth-order valence-electron chi connectivity index (χ4n) is 3.35. The van der Waals surface area contributed by atoms with Crippen molar-refractivity contribution in [2.75, 3.05) is 18.0 Å². The average Bonchev–Trinajstić information content (AvgIpc) is 3.13. The van der Waals surface area contributed by atoms with E-state index in [1.165, 1.54) is 30.8 Å². The maximum Gasteiger partial charge on any atom is 0.195 e. The lowest BCUT2D eigenvalue weighted by Gasteiger charge is -2.28. The zero-order chi connectivity index (χ0) is 14.8. The third-order valence-electron chi connectivity index (χ3n) is 4.40. The van der Waals surface area contributed by atoms with Gasteiger partial charge in [0.25, 0.3) is 0 Å². The van der Waals surface area contributed by atoms with Crippen LogP contribution in [0.25, 0.3) is 4.96 Å². The summed E-state index contributed by atoms with van der Waals surface area (Å²) >= 11 is 1.73. The van der Waals surface area contributed by atoms with Gasteiger partial charge in [-0.1, -0.05) is 20.8 Å². The zero-order valence-corrected chi connectivity index (χ0v) is 14.1. The molecule has 2 aromatic heterocycles. The monoisotopic (exact) mass is 306 g/mol. The predicted octanol–water partition coefficient (Wildman–Crippen LogP) is 3.52. The van der Waals surface area contributed by atoms with Gasteiger partial charge in [0.05, 0.1) is 5.69 Å². The number of nitrogens with zero attached hydrogens (tertiary/aromatic N) is 3. The minimum atomic E-state index is 0.638. The van der Waals surface area contributed by atoms with Gasteiger partial charge in [0.1, 0.15) is 0 Å². The van der Waals surface area contributed by atoms with Gasteiger partial charge in [0.2, 0.25) is 0 Å². The molecule has 0 aliphatic carbocycles. The number of aromatic nitrogens is 2. The molecule has 3 heterocycles. The smallest absolute Gasteiger partial charge is 0.195 e. The SMILES string of the molecule is CCCNCc1c(N2CCCC2C(C)C)nc2sccn12. The maximum atomic E-state index is 4.93. The second-order valence-corrected chi connectivity index (χ2v) is 7.13. The quantitative estimate of drug-likeness (QED) is 0.829. The molecule has 0 radical (unpaired) electrons. The molecular formula is C16H26N4S. The highest BCUT2D eigenvalue weighted by atomic mass is 32.1. The van der Waals surface area contributed by atoms with Crippen LogP contribution in [-0.4, -0.2) is 28.5 Å². The summed E-state index contributed by atoms with van der Waals surface area (Å²) in [5.74, 6) is 1.89. The van der Waals surface area contributed by atoms with Gasteiger partial charge in [-0.2, -0.15) is 0 Å². The molecular weight excluding hydrogens is 280 g/mol. The minimum Gasteiger partial charge on any atom is -0.352 e. The fraction of sp³-hybridized carbons (Fsp3) is 0.688. The first-order chi connectivity index (χ1) is 10.2. The second-order valence-electron chi connectivity index (χ2n) is 6.26. The molecule has 2 aromatic rings. The van der Waals surface area contributed by atoms with Crippen LogP contribution in [0, 0.1) is 5.92 Å². The van der Waals surface area contributed by atoms with Crippen LogP contribution in [0.15, 0.2) is 11.6 Å². The van der Waals surface area contributed by atoms with Crippen molar-refractivity contribution in [2.45, 2.75) is 52.6 Å². The number of imidazole rings is 1. The van der Waals surface area contributed by atoms with E-state index in [1.807, 2.05) is 0 Å². The lowest BCUT2D eigenvalue weighted by Crippen LogP contribution is -2.34. The first-order valence-corrected chi connectivity index (χ1v) is 9.02. The van der Waals surface area contributed by atoms with E-state index >= 15 is 0 Å². The van der Waals surface area contributed by atoms with E-state index in [1.54, 1.807) is 11.3 Å². The maximum absolute atomic E-state index is 4.93. The lowest BCUT2D eigenvalue weighted by molar-refractivity contribution is 0.488. The van der Waals surface area contributed by atoms with E-state index in [9.17, 15) is 0 Å². The molecule has 1 N–H and O–H groups in total. The van der Waals surface area contributed by atoms with Crippen molar-refractivity contribution in [1.29, 1.82) is 0 Å². The van der Waals surface area contributed by atoms with Crippen molar-refractivity contribution >= 4 is 22.1 Å². The third kappa shape index (κ3) is 2.81. The Balaban J connectivity index is 1.93. The zero-order valence-electron chi connectivity index (χ0n) is 13.3. The summed E-state index contributed by atoms with van der Waals surface area (Å²) in [7, 11) is 0. The number of fused-ring (bicyclic) bond motifs is 1. The summed E-state index contributed by atoms with van der Waals surface area (Å²) in [5.41, 5.74) is 1.33. The van der Waals surface area contributed by atoms with Crippen molar-refractivity contribution in [1.82, 2.24) is 14.7 Å². The number of hydrogen-bond acceptors (Lipinski definition) is 4. The first kappa shape index (κ1) is 14.9. The Hall–Kier alpha value is -1.07. The van der Waals surface area contributed by atoms with E-state index in [0.717, 1.165) is 24.6 Å². The van der Waals surface area contributed by atoms with Crippen LogP contribution in [-0.2, 0) is 6.54 Å². The molecule has 1 atom stereocenters. The number of anilines is 1. The van der Waals surface area contributed by atoms with Crippen LogP contribution >= 0.6 is 11.3 Å². The van der Waals surface area contributed by atoms with Gasteiger partial charge >= 0.3 is 0 Å². The molecule has 1 saturated heterocycles. The molecule has 21 heavy (non-hydrogen) atoms. The van der Waals surface area contributed by atoms with E-state index in [0.29, 0.717) is 12.0 Å². The van der Waals surface area contributed by atoms with Crippen LogP contribution in [0.2, 0.25) is 0 Å². The van der Waals surface area contributed by atoms with Crippen molar-refractivity contribution in [2.24, 2.45) is 5.92 Å². The molecule has 4 nitrogen and oxygen atoms in total. The molecule has 1 aliphatic heterocycles. The summed E-state index contributed by atoms with van der Waals surface area (Å²) < 4.78 is 2.26. The Bertz CT molecular complexity index is 586. The van der Waals surface area contributed by atoms with Gasteiger partial charge in [-0.05, 0) is 31.7 Å². The topological polar surface area (TPSA) is 32.6 Å². The molecule has 0 bridgehead atoms. The molecule has 0 aromatic carbocycles. The van der Waals surface area contributed by atoms with Crippen LogP contribution in [0.1, 0.15) is 45.7 Å². The molecule has 5 heteroatoms. The fourth-order valence-corrected chi connectivity index (χ4v) is 4.08. The summed E-state index contributed by atoms with van der Waals surface area (Å²) in [5, 5.41) is 5.67. The highest BCUT2D eigenvalue weighted by Gasteiger charge is 2.31. The largest absolute Gasteiger partial charge is 0.352 e. The third-order valence-corrected chi connectivity index (χ3v) is 5.16. The van der Waals surface area contributed by atoms with E-state index in [-0.39, 0.29) is 0 Å². The number of nitrogens with one attached hydrogen (secondary N) is 1. The Morgan fingerprint density at radius 2 is 2.33 bits per heavy atom. The normalized spacial score (nSPS) is 19.2. The Labute approximate surface area is 131 Å². The van der Waals surface area contributed by atoms with Crippen molar-refractivity contribution in [3.63, 3.8) is 0 Å². The molecule has 1 aliphatic rings. The second kappa shape index (κ2) is 6.36. The van der Waals surface area contributed by atoms with Crippen molar-refractivity contribution in [3.8, 4) is 0 Å². The van der Waals surface area contributed by atoms with Gasteiger partial charge in [-0.25, -0.2) is 4.98 Å². The summed E-state index contributed by atoms with van der Waals surface area (Å²) in [4.78, 5) is 8.60. The standard InChI is InChI=1S/C16H26N4S/c1-4-7-17-11-14-15(18-16-20(14)9-10-21-16)19-8-5-6-13(19)12(2)3/h9-10,12-13,17H,4-8,11H2,1-3H3. The molecule has 1 unspecified atom stereocenters. The summed E-state index contributed by atoms with van der Waals surface area (Å²) in [6.07, 6.45) is 5.90. The molecule has 0 amide bonds. The van der Waals surface area contributed by atoms with Crippen LogP contribution in [0.3, 0.4) is 0 Å². The number of rotatable bonds is 6. The lowest BCUT2D eigenvalue weighted by atomic mass is 10.0. The summed E-state index contributed by atoms with van der Waals surface area (Å²) in [6, 6.07) is 0.638. The van der Waals surface area contributed by atoms with Gasteiger partial charge < -0.3 is 10.2 Å². The number of hydrogen-bond donors (Lipinski definition) is 1. The Morgan fingerprint density at radius 3 is 3.10 bits per heavy atom. The molecule has 0 spiro atoms. The van der Waals surface area contributed by atoms with Crippen LogP contribution < -0.4 is 10.2 Å². The van der Waals surface area contributed by atoms with Crippen LogP contribution in [0.5, 0.6) is 0 Å². The van der Waals surface area contributed by atoms with Gasteiger partial charge in [0.15, 0.2) is 10.8 Å². The Morgan fingerprint density at radius 1 is 1.48 bits per heavy atom. The first-order valence-electron chi connectivity index (χ1n) is 8.14. The average molecular weight is 306 g/mol. The minimum absolute atomic E-state index is 0.638. The molecule has 0 saturated carbocycles. The summed E-state index contributed by atoms with van der Waals surface area (Å²) in [6.45, 7) is 9.98. The van der Waals surface area contributed by atoms with Crippen LogP contribution in [0.4, 0.5) is 5.82 Å². The van der Waals surface area contributed by atoms with E-state index in [4.69, 9.17) is 4.98 Å². The van der Waals surface area contributed by atoms with Gasteiger partial charge in [-0.15, -0.1) is 11.3 Å². The van der Waals surface area contributed by atoms with Gasteiger partial charge in [-0.3, -0.25) is 4.40 Å². The highest BCUT2D eigenvalue weighted by Crippen LogP contribution is 2.33. The van der Waals surface area contributed by atoms with Crippen molar-refractivity contribution < 1.29 is 0 Å². The molecule has 3 rings (SSSR count). The predicted molar refractivity (Wildman–Crippen MR) is 90.3 cm³/mol. The van der Waals surface area contributed by atoms with E-state index < -0.39 is 0 Å². The molecule has 1 fully saturated rings. The highest BCUT2D eigenvalue weighted by molar-refractivity contribution is 7.15. The van der Waals surface area contributed by atoms with E-state index in [2.05, 4.69) is 47.0 Å². The van der Waals surface area contributed by atoms with Gasteiger partial charge in [0, 0.05) is 30.7 Å². The van der Waals surface area contributed by atoms with Crippen molar-refractivity contribution in [3.05, 3.63) is 17.3 Å².